The zero-order valence-corrected chi connectivity index (χ0v) is 19.4. The van der Waals surface area contributed by atoms with Crippen LogP contribution in [0, 0.1) is 0 Å². The molecule has 0 unspecified atom stereocenters. The number of hydrogen-bond donors (Lipinski definition) is 1. The molecule has 31 heavy (non-hydrogen) atoms. The molecule has 3 rings (SSSR count). The van der Waals surface area contributed by atoms with E-state index in [1.807, 2.05) is 4.90 Å². The van der Waals surface area contributed by atoms with E-state index in [1.165, 1.54) is 5.56 Å². The first-order valence-electron chi connectivity index (χ1n) is 11.0. The van der Waals surface area contributed by atoms with Gasteiger partial charge in [-0.3, -0.25) is 9.69 Å². The van der Waals surface area contributed by atoms with Crippen molar-refractivity contribution >= 4 is 17.4 Å². The first-order valence-corrected chi connectivity index (χ1v) is 11.0. The number of nitrogens with zero attached hydrogens (tertiary/aromatic N) is 4. The van der Waals surface area contributed by atoms with Crippen LogP contribution >= 0.6 is 0 Å². The number of ketones is 1. The minimum absolute atomic E-state index is 0.0941. The molecule has 1 aliphatic heterocycles. The average molecular weight is 426 g/mol. The van der Waals surface area contributed by atoms with Crippen molar-refractivity contribution in [2.75, 3.05) is 30.8 Å². The van der Waals surface area contributed by atoms with Gasteiger partial charge in [-0.15, -0.1) is 0 Å². The lowest BCUT2D eigenvalue weighted by molar-refractivity contribution is -0.117. The van der Waals surface area contributed by atoms with Gasteiger partial charge in [0.25, 0.3) is 0 Å². The van der Waals surface area contributed by atoms with Gasteiger partial charge in [0.05, 0.1) is 13.2 Å². The summed E-state index contributed by atoms with van der Waals surface area (Å²) in [7, 11) is 2.13. The molecule has 1 aromatic carbocycles. The van der Waals surface area contributed by atoms with Crippen molar-refractivity contribution in [1.82, 2.24) is 14.9 Å². The van der Waals surface area contributed by atoms with Crippen LogP contribution in [-0.2, 0) is 24.3 Å². The SMILES string of the molecule is CCCCOc1nc(N)c2c(n1)N(Cc1cccc(CN(C)C(C)(C)C)c1)CC(=O)C2. The molecule has 0 saturated carbocycles. The van der Waals surface area contributed by atoms with Gasteiger partial charge < -0.3 is 15.4 Å². The van der Waals surface area contributed by atoms with Gasteiger partial charge in [-0.2, -0.15) is 9.97 Å². The number of rotatable bonds is 8. The van der Waals surface area contributed by atoms with Gasteiger partial charge in [0.1, 0.15) is 11.6 Å². The predicted octanol–water partition coefficient (Wildman–Crippen LogP) is 3.60. The minimum Gasteiger partial charge on any atom is -0.463 e. The topological polar surface area (TPSA) is 84.6 Å². The number of anilines is 2. The predicted molar refractivity (Wildman–Crippen MR) is 124 cm³/mol. The summed E-state index contributed by atoms with van der Waals surface area (Å²) < 4.78 is 5.69. The van der Waals surface area contributed by atoms with Crippen LogP contribution in [0.25, 0.3) is 0 Å². The van der Waals surface area contributed by atoms with Gasteiger partial charge in [-0.05, 0) is 45.4 Å². The number of fused-ring (bicyclic) bond motifs is 1. The molecule has 2 aromatic rings. The Bertz CT molecular complexity index is 923. The summed E-state index contributed by atoms with van der Waals surface area (Å²) in [6, 6.07) is 8.78. The highest BCUT2D eigenvalue weighted by Crippen LogP contribution is 2.30. The molecule has 0 bridgehead atoms. The third-order valence-corrected chi connectivity index (χ3v) is 5.70. The second kappa shape index (κ2) is 9.64. The zero-order chi connectivity index (χ0) is 22.6. The van der Waals surface area contributed by atoms with Crippen LogP contribution in [-0.4, -0.2) is 46.4 Å². The Morgan fingerprint density at radius 1 is 1.23 bits per heavy atom. The maximum atomic E-state index is 12.4. The standard InChI is InChI=1S/C24H35N5O2/c1-6-7-11-31-23-26-21(25)20-13-19(30)16-29(22(20)27-23)15-18-10-8-9-17(12-18)14-28(5)24(2,3)4/h8-10,12H,6-7,11,13-16H2,1-5H3,(H2,25,26,27). The van der Waals surface area contributed by atoms with Crippen molar-refractivity contribution < 1.29 is 9.53 Å². The number of aromatic nitrogens is 2. The molecule has 0 fully saturated rings. The summed E-state index contributed by atoms with van der Waals surface area (Å²) in [5.74, 6) is 1.15. The molecule has 7 nitrogen and oxygen atoms in total. The lowest BCUT2D eigenvalue weighted by Crippen LogP contribution is -2.37. The molecule has 7 heteroatoms. The van der Waals surface area contributed by atoms with Gasteiger partial charge in [0, 0.05) is 30.6 Å². The smallest absolute Gasteiger partial charge is 0.320 e. The molecule has 2 N–H and O–H groups in total. The second-order valence-electron chi connectivity index (χ2n) is 9.31. The first-order chi connectivity index (χ1) is 14.7. The number of carbonyl (C=O) groups is 1. The summed E-state index contributed by atoms with van der Waals surface area (Å²) in [5, 5.41) is 0. The number of hydrogen-bond acceptors (Lipinski definition) is 7. The van der Waals surface area contributed by atoms with Crippen LogP contribution in [0.2, 0.25) is 0 Å². The minimum atomic E-state index is 0.0941. The Kier molecular flexibility index (Phi) is 7.15. The molecular formula is C24H35N5O2. The number of carbonyl (C=O) groups excluding carboxylic acids is 1. The molecule has 0 aliphatic carbocycles. The molecule has 168 valence electrons. The Balaban J connectivity index is 1.83. The summed E-state index contributed by atoms with van der Waals surface area (Å²) in [5.41, 5.74) is 9.33. The van der Waals surface area contributed by atoms with Crippen molar-refractivity contribution in [3.8, 4) is 6.01 Å². The molecule has 0 saturated heterocycles. The van der Waals surface area contributed by atoms with Crippen LogP contribution in [0.3, 0.4) is 0 Å². The van der Waals surface area contributed by atoms with Gasteiger partial charge >= 0.3 is 6.01 Å². The molecule has 2 heterocycles. The van der Waals surface area contributed by atoms with Crippen molar-refractivity contribution in [3.63, 3.8) is 0 Å². The van der Waals surface area contributed by atoms with E-state index in [2.05, 4.69) is 73.9 Å². The van der Waals surface area contributed by atoms with E-state index in [0.717, 1.165) is 24.9 Å². The Labute approximate surface area is 185 Å². The zero-order valence-electron chi connectivity index (χ0n) is 19.4. The number of nitrogen functional groups attached to an aromatic ring is 1. The summed E-state index contributed by atoms with van der Waals surface area (Å²) in [4.78, 5) is 25.6. The highest BCUT2D eigenvalue weighted by Gasteiger charge is 2.28. The molecule has 1 aliphatic rings. The quantitative estimate of drug-likeness (QED) is 0.647. The third-order valence-electron chi connectivity index (χ3n) is 5.70. The third kappa shape index (κ3) is 5.94. The molecule has 0 spiro atoms. The second-order valence-corrected chi connectivity index (χ2v) is 9.31. The van der Waals surface area contributed by atoms with Crippen molar-refractivity contribution in [1.29, 1.82) is 0 Å². The van der Waals surface area contributed by atoms with Gasteiger partial charge in [0.2, 0.25) is 0 Å². The number of unbranched alkanes of at least 4 members (excludes halogenated alkanes) is 1. The largest absolute Gasteiger partial charge is 0.463 e. The maximum absolute atomic E-state index is 12.4. The average Bonchev–Trinajstić information content (AvgIpc) is 2.68. The van der Waals surface area contributed by atoms with Crippen LogP contribution < -0.4 is 15.4 Å². The van der Waals surface area contributed by atoms with Crippen molar-refractivity contribution in [2.24, 2.45) is 0 Å². The van der Waals surface area contributed by atoms with E-state index in [-0.39, 0.29) is 23.8 Å². The van der Waals surface area contributed by atoms with E-state index < -0.39 is 0 Å². The van der Waals surface area contributed by atoms with Gasteiger partial charge in [0.15, 0.2) is 5.78 Å². The molecule has 0 amide bonds. The van der Waals surface area contributed by atoms with E-state index in [0.29, 0.717) is 36.9 Å². The van der Waals surface area contributed by atoms with Crippen molar-refractivity contribution in [2.45, 2.75) is 65.6 Å². The van der Waals surface area contributed by atoms with Crippen molar-refractivity contribution in [3.05, 3.63) is 41.0 Å². The lowest BCUT2D eigenvalue weighted by Gasteiger charge is -2.32. The van der Waals surface area contributed by atoms with Crippen LogP contribution in [0.1, 0.15) is 57.2 Å². The highest BCUT2D eigenvalue weighted by molar-refractivity contribution is 5.91. The van der Waals surface area contributed by atoms with Crippen LogP contribution in [0.4, 0.5) is 11.6 Å². The van der Waals surface area contributed by atoms with Gasteiger partial charge in [-0.25, -0.2) is 0 Å². The Hall–Kier alpha value is -2.67. The molecule has 0 atom stereocenters. The fraction of sp³-hybridized carbons (Fsp3) is 0.542. The molecule has 0 radical (unpaired) electrons. The number of nitrogens with two attached hydrogens (primary N) is 1. The van der Waals surface area contributed by atoms with E-state index >= 15 is 0 Å². The fourth-order valence-corrected chi connectivity index (χ4v) is 3.50. The van der Waals surface area contributed by atoms with Gasteiger partial charge in [-0.1, -0.05) is 37.6 Å². The van der Waals surface area contributed by atoms with E-state index in [4.69, 9.17) is 10.5 Å². The van der Waals surface area contributed by atoms with E-state index in [1.54, 1.807) is 0 Å². The summed E-state index contributed by atoms with van der Waals surface area (Å²) in [6.07, 6.45) is 2.23. The first kappa shape index (κ1) is 23.0. The Morgan fingerprint density at radius 3 is 2.68 bits per heavy atom. The van der Waals surface area contributed by atoms with Crippen LogP contribution in [0.15, 0.2) is 24.3 Å². The maximum Gasteiger partial charge on any atom is 0.320 e. The normalized spacial score (nSPS) is 14.1. The summed E-state index contributed by atoms with van der Waals surface area (Å²) >= 11 is 0. The highest BCUT2D eigenvalue weighted by atomic mass is 16.5. The number of Topliss-reactive ketones (excluding diaryl/α,β-unsaturated/α-hetero) is 1. The monoisotopic (exact) mass is 425 g/mol. The number of ether oxygens (including phenoxy) is 1. The molecule has 1 aromatic heterocycles. The fourth-order valence-electron chi connectivity index (χ4n) is 3.50. The molecular weight excluding hydrogens is 390 g/mol. The van der Waals surface area contributed by atoms with E-state index in [9.17, 15) is 4.79 Å². The summed E-state index contributed by atoms with van der Waals surface area (Å²) in [6.45, 7) is 11.0. The van der Waals surface area contributed by atoms with Crippen LogP contribution in [0.5, 0.6) is 6.01 Å². The lowest BCUT2D eigenvalue weighted by atomic mass is 10.0. The Morgan fingerprint density at radius 2 is 1.97 bits per heavy atom. The number of benzene rings is 1.